The molecule has 0 aliphatic rings. The molecule has 0 saturated heterocycles. The third kappa shape index (κ3) is 1.37. The summed E-state index contributed by atoms with van der Waals surface area (Å²) in [7, 11) is 1.41. The van der Waals surface area contributed by atoms with Crippen LogP contribution in [0.1, 0.15) is 0 Å². The average molecular weight is 310 g/mol. The first-order valence-corrected chi connectivity index (χ1v) is 6.73. The van der Waals surface area contributed by atoms with Crippen molar-refractivity contribution in [3.63, 3.8) is 0 Å². The smallest absolute Gasteiger partial charge is 0.226 e. The van der Waals surface area contributed by atoms with Crippen molar-refractivity contribution in [2.24, 2.45) is 0 Å². The summed E-state index contributed by atoms with van der Waals surface area (Å²) in [5, 5.41) is 0.379. The summed E-state index contributed by atoms with van der Waals surface area (Å²) in [6.07, 6.45) is 2.80. The van der Waals surface area contributed by atoms with E-state index in [-0.39, 0.29) is 0 Å². The molecule has 0 saturated carbocycles. The molecule has 2 rings (SSSR count). The Bertz CT molecular complexity index is 507. The second-order valence-electron chi connectivity index (χ2n) is 2.44. The first kappa shape index (κ1) is 9.07. The monoisotopic (exact) mass is 310 g/mol. The Hall–Kier alpha value is -0.500. The average Bonchev–Trinajstić information content (AvgIpc) is 2.55. The van der Waals surface area contributed by atoms with Gasteiger partial charge in [-0.3, -0.25) is 8.77 Å². The van der Waals surface area contributed by atoms with E-state index in [2.05, 4.69) is 26.2 Å². The standard InChI is InChI=1S/C7H4FIN2OS/c8-5-3-10-7-4(6(5)12)1-2-11(7)13-9/h1-3H,(H,10,12). The Kier molecular flexibility index (Phi) is 2.33. The summed E-state index contributed by atoms with van der Waals surface area (Å²) in [5.74, 6) is -0.747. The summed E-state index contributed by atoms with van der Waals surface area (Å²) in [6.45, 7) is 0. The van der Waals surface area contributed by atoms with Crippen molar-refractivity contribution in [2.45, 2.75) is 0 Å². The van der Waals surface area contributed by atoms with Gasteiger partial charge in [-0.15, -0.1) is 0 Å². The van der Waals surface area contributed by atoms with Gasteiger partial charge in [0, 0.05) is 42.7 Å². The highest BCUT2D eigenvalue weighted by Gasteiger charge is 2.07. The zero-order valence-corrected chi connectivity index (χ0v) is 9.23. The predicted octanol–water partition coefficient (Wildman–Crippen LogP) is 2.32. The molecule has 0 radical (unpaired) electrons. The van der Waals surface area contributed by atoms with Crippen molar-refractivity contribution in [3.05, 3.63) is 34.5 Å². The Morgan fingerprint density at radius 1 is 1.62 bits per heavy atom. The maximum absolute atomic E-state index is 12.8. The molecule has 0 fully saturated rings. The Balaban J connectivity index is 2.89. The van der Waals surface area contributed by atoms with Gasteiger partial charge in [-0.1, -0.05) is 0 Å². The van der Waals surface area contributed by atoms with E-state index < -0.39 is 11.2 Å². The SMILES string of the molecule is O=c1c(F)c[nH]c2c1ccn2SI. The van der Waals surface area contributed by atoms with Gasteiger partial charge in [-0.2, -0.15) is 0 Å². The summed E-state index contributed by atoms with van der Waals surface area (Å²) < 4.78 is 14.6. The maximum Gasteiger partial charge on any atom is 0.226 e. The second-order valence-corrected chi connectivity index (χ2v) is 4.15. The van der Waals surface area contributed by atoms with Crippen molar-refractivity contribution in [1.82, 2.24) is 8.96 Å². The minimum Gasteiger partial charge on any atom is -0.344 e. The number of aromatic nitrogens is 2. The Morgan fingerprint density at radius 3 is 3.08 bits per heavy atom. The van der Waals surface area contributed by atoms with E-state index in [0.717, 1.165) is 6.20 Å². The highest BCUT2D eigenvalue weighted by atomic mass is 127. The van der Waals surface area contributed by atoms with Gasteiger partial charge in [-0.05, 0) is 6.07 Å². The van der Waals surface area contributed by atoms with Crippen molar-refractivity contribution < 1.29 is 4.39 Å². The number of hydrogen-bond donors (Lipinski definition) is 1. The van der Waals surface area contributed by atoms with Gasteiger partial charge in [0.2, 0.25) is 5.43 Å². The number of fused-ring (bicyclic) bond motifs is 1. The zero-order chi connectivity index (χ0) is 9.42. The van der Waals surface area contributed by atoms with Gasteiger partial charge in [-0.25, -0.2) is 4.39 Å². The van der Waals surface area contributed by atoms with Crippen molar-refractivity contribution >= 4 is 41.4 Å². The van der Waals surface area contributed by atoms with Crippen LogP contribution in [0.2, 0.25) is 0 Å². The number of H-pyrrole nitrogens is 1. The van der Waals surface area contributed by atoms with Crippen LogP contribution in [0.4, 0.5) is 4.39 Å². The quantitative estimate of drug-likeness (QED) is 0.821. The van der Waals surface area contributed by atoms with Crippen LogP contribution in [0, 0.1) is 5.82 Å². The number of pyridine rings is 1. The van der Waals surface area contributed by atoms with E-state index >= 15 is 0 Å². The van der Waals surface area contributed by atoms with Gasteiger partial charge in [0.25, 0.3) is 0 Å². The number of rotatable bonds is 1. The van der Waals surface area contributed by atoms with E-state index in [4.69, 9.17) is 0 Å². The molecular formula is C7H4FIN2OS. The fourth-order valence-electron chi connectivity index (χ4n) is 1.12. The molecule has 0 amide bonds. The first-order chi connectivity index (χ1) is 6.24. The molecule has 0 unspecified atom stereocenters. The van der Waals surface area contributed by atoms with Crippen LogP contribution in [-0.2, 0) is 0 Å². The van der Waals surface area contributed by atoms with Crippen LogP contribution in [0.25, 0.3) is 11.0 Å². The van der Waals surface area contributed by atoms with Crippen LogP contribution in [0.3, 0.4) is 0 Å². The van der Waals surface area contributed by atoms with Gasteiger partial charge >= 0.3 is 0 Å². The number of nitrogens with one attached hydrogen (secondary N) is 1. The van der Waals surface area contributed by atoms with Crippen LogP contribution in [0.15, 0.2) is 23.3 Å². The molecular weight excluding hydrogens is 306 g/mol. The Labute approximate surface area is 89.0 Å². The second kappa shape index (κ2) is 3.33. The predicted molar refractivity (Wildman–Crippen MR) is 59.5 cm³/mol. The number of hydrogen-bond acceptors (Lipinski definition) is 2. The van der Waals surface area contributed by atoms with Gasteiger partial charge < -0.3 is 4.98 Å². The number of aromatic amines is 1. The van der Waals surface area contributed by atoms with E-state index in [9.17, 15) is 9.18 Å². The third-order valence-electron chi connectivity index (χ3n) is 1.72. The lowest BCUT2D eigenvalue weighted by Gasteiger charge is -1.96. The molecule has 0 bridgehead atoms. The van der Waals surface area contributed by atoms with Gasteiger partial charge in [0.05, 0.1) is 5.39 Å². The minimum absolute atomic E-state index is 0.379. The molecule has 0 aromatic carbocycles. The maximum atomic E-state index is 12.8. The Morgan fingerprint density at radius 2 is 2.38 bits per heavy atom. The fraction of sp³-hybridized carbons (Fsp3) is 0. The molecule has 13 heavy (non-hydrogen) atoms. The third-order valence-corrected chi connectivity index (χ3v) is 3.45. The lowest BCUT2D eigenvalue weighted by molar-refractivity contribution is 0.614. The molecule has 0 spiro atoms. The summed E-state index contributed by atoms with van der Waals surface area (Å²) in [5.41, 5.74) is 0.0729. The molecule has 3 nitrogen and oxygen atoms in total. The topological polar surface area (TPSA) is 37.8 Å². The minimum atomic E-state index is -0.747. The molecule has 1 N–H and O–H groups in total. The van der Waals surface area contributed by atoms with Crippen LogP contribution in [0.5, 0.6) is 0 Å². The summed E-state index contributed by atoms with van der Waals surface area (Å²) in [4.78, 5) is 14.0. The van der Waals surface area contributed by atoms with Gasteiger partial charge in [0.1, 0.15) is 5.65 Å². The molecule has 68 valence electrons. The molecule has 0 aliphatic heterocycles. The molecule has 2 heterocycles. The first-order valence-electron chi connectivity index (χ1n) is 3.41. The van der Waals surface area contributed by atoms with Crippen LogP contribution < -0.4 is 5.43 Å². The fourth-order valence-corrected chi connectivity index (χ4v) is 2.43. The largest absolute Gasteiger partial charge is 0.344 e. The van der Waals surface area contributed by atoms with E-state index in [1.54, 1.807) is 16.2 Å². The summed E-state index contributed by atoms with van der Waals surface area (Å²) >= 11 is 2.08. The number of nitrogens with zero attached hydrogens (tertiary/aromatic N) is 1. The summed E-state index contributed by atoms with van der Waals surface area (Å²) in [6, 6.07) is 1.60. The van der Waals surface area contributed by atoms with Crippen molar-refractivity contribution in [2.75, 3.05) is 0 Å². The number of halogens is 2. The van der Waals surface area contributed by atoms with Crippen LogP contribution in [-0.4, -0.2) is 8.96 Å². The normalized spacial score (nSPS) is 10.9. The van der Waals surface area contributed by atoms with Gasteiger partial charge in [0.15, 0.2) is 5.82 Å². The van der Waals surface area contributed by atoms with Crippen LogP contribution >= 0.6 is 30.3 Å². The molecule has 0 atom stereocenters. The van der Waals surface area contributed by atoms with E-state index in [1.165, 1.54) is 9.12 Å². The van der Waals surface area contributed by atoms with Crippen molar-refractivity contribution in [3.8, 4) is 0 Å². The van der Waals surface area contributed by atoms with E-state index in [0.29, 0.717) is 11.0 Å². The van der Waals surface area contributed by atoms with Crippen molar-refractivity contribution in [1.29, 1.82) is 0 Å². The lowest BCUT2D eigenvalue weighted by atomic mass is 10.3. The highest BCUT2D eigenvalue weighted by Crippen LogP contribution is 2.21. The molecule has 6 heteroatoms. The molecule has 0 aliphatic carbocycles. The lowest BCUT2D eigenvalue weighted by Crippen LogP contribution is -2.06. The molecule has 2 aromatic rings. The van der Waals surface area contributed by atoms with E-state index in [1.807, 2.05) is 0 Å². The molecule has 2 aromatic heterocycles. The highest BCUT2D eigenvalue weighted by molar-refractivity contribution is 14.2. The zero-order valence-electron chi connectivity index (χ0n) is 6.25.